The molecule has 7 atom stereocenters. The molecule has 1 saturated heterocycles. The van der Waals surface area contributed by atoms with Crippen LogP contribution in [0, 0.1) is 0 Å². The summed E-state index contributed by atoms with van der Waals surface area (Å²) >= 11 is 0. The van der Waals surface area contributed by atoms with Crippen LogP contribution in [0.2, 0.25) is 0 Å². The first-order valence-electron chi connectivity index (χ1n) is 6.24. The summed E-state index contributed by atoms with van der Waals surface area (Å²) in [6.07, 6.45) is -8.36. The zero-order chi connectivity index (χ0) is 17.2. The van der Waals surface area contributed by atoms with E-state index in [2.05, 4.69) is 16.6 Å². The highest BCUT2D eigenvalue weighted by Crippen LogP contribution is 2.35. The van der Waals surface area contributed by atoms with Crippen LogP contribution in [0.3, 0.4) is 0 Å². The van der Waals surface area contributed by atoms with Gasteiger partial charge in [-0.25, -0.2) is 9.18 Å². The van der Waals surface area contributed by atoms with Gasteiger partial charge in [0.05, 0.1) is 24.5 Å². The van der Waals surface area contributed by atoms with Gasteiger partial charge in [0, 0.05) is 0 Å². The highest BCUT2D eigenvalue weighted by atomic mass is 19.2. The molecule has 0 aliphatic carbocycles. The van der Waals surface area contributed by atoms with Crippen LogP contribution >= 0.6 is 0 Å². The molecule has 9 N–H and O–H groups in total. The van der Waals surface area contributed by atoms with Crippen LogP contribution in [0.25, 0.3) is 0 Å². The number of carboxylic acids is 1. The number of ether oxygens (including phenoxy) is 1. The fourth-order valence-electron chi connectivity index (χ4n) is 2.15. The van der Waals surface area contributed by atoms with Crippen molar-refractivity contribution in [3.05, 3.63) is 12.4 Å². The lowest BCUT2D eigenvalue weighted by Gasteiger charge is -2.46. The van der Waals surface area contributed by atoms with Crippen molar-refractivity contribution in [1.82, 2.24) is 5.32 Å². The van der Waals surface area contributed by atoms with E-state index >= 15 is 0 Å². The van der Waals surface area contributed by atoms with Crippen LogP contribution in [0.4, 0.5) is 8.78 Å². The number of alkyl halides is 2. The number of carbonyl (C=O) groups is 1. The number of nitrogens with two attached hydrogens (primary N) is 2. The Hall–Kier alpha value is -1.53. The number of aliphatic hydroxyl groups is 3. The Morgan fingerprint density at radius 2 is 2.05 bits per heavy atom. The molecule has 1 rings (SSSR count). The number of halogens is 2. The third-order valence-corrected chi connectivity index (χ3v) is 3.33. The minimum absolute atomic E-state index is 0.311. The van der Waals surface area contributed by atoms with Crippen molar-refractivity contribution in [3.63, 3.8) is 0 Å². The molecule has 0 saturated carbocycles. The first-order valence-corrected chi connectivity index (χ1v) is 6.24. The fourth-order valence-corrected chi connectivity index (χ4v) is 2.15. The van der Waals surface area contributed by atoms with Gasteiger partial charge in [-0.2, -0.15) is 4.39 Å². The standard InChI is InChI=1S/C11H19F2N3O6/c1-3(14)16-6-5(15)8(7(19)4(18)2-17)22-11(13,9(6)12)10(20)21/h4-9,16-19H,1-2,14-15H2,(H,20,21)/t4-,5?,6?,7-,8?,9?,11?/m1/s1. The molecule has 1 heterocycles. The Balaban J connectivity index is 3.18. The van der Waals surface area contributed by atoms with E-state index in [1.54, 1.807) is 0 Å². The number of hydrogen-bond donors (Lipinski definition) is 7. The normalized spacial score (nSPS) is 38.1. The van der Waals surface area contributed by atoms with E-state index in [9.17, 15) is 23.8 Å². The van der Waals surface area contributed by atoms with E-state index in [0.717, 1.165) is 0 Å². The van der Waals surface area contributed by atoms with E-state index in [1.807, 2.05) is 0 Å². The van der Waals surface area contributed by atoms with Crippen molar-refractivity contribution < 1.29 is 38.7 Å². The van der Waals surface area contributed by atoms with Crippen LogP contribution in [0.1, 0.15) is 0 Å². The lowest BCUT2D eigenvalue weighted by Crippen LogP contribution is -2.73. The second-order valence-corrected chi connectivity index (χ2v) is 4.95. The van der Waals surface area contributed by atoms with Gasteiger partial charge in [0.15, 0.2) is 6.17 Å². The molecular formula is C11H19F2N3O6. The van der Waals surface area contributed by atoms with Crippen molar-refractivity contribution >= 4 is 5.97 Å². The molecule has 1 fully saturated rings. The van der Waals surface area contributed by atoms with Crippen LogP contribution in [-0.4, -0.2) is 75.4 Å². The zero-order valence-corrected chi connectivity index (χ0v) is 11.4. The third kappa shape index (κ3) is 3.28. The first-order chi connectivity index (χ1) is 10.1. The molecule has 9 nitrogen and oxygen atoms in total. The van der Waals surface area contributed by atoms with E-state index in [0.29, 0.717) is 0 Å². The summed E-state index contributed by atoms with van der Waals surface area (Å²) in [5, 5.41) is 39.0. The summed E-state index contributed by atoms with van der Waals surface area (Å²) < 4.78 is 32.9. The fraction of sp³-hybridized carbons (Fsp3) is 0.727. The molecule has 11 heteroatoms. The molecule has 0 aromatic carbocycles. The molecule has 1 aliphatic rings. The Morgan fingerprint density at radius 1 is 1.50 bits per heavy atom. The van der Waals surface area contributed by atoms with Crippen molar-refractivity contribution in [3.8, 4) is 0 Å². The molecule has 0 amide bonds. The summed E-state index contributed by atoms with van der Waals surface area (Å²) in [5.41, 5.74) is 10.9. The van der Waals surface area contributed by atoms with Gasteiger partial charge in [-0.3, -0.25) is 0 Å². The molecule has 5 unspecified atom stereocenters. The average molecular weight is 327 g/mol. The highest BCUT2D eigenvalue weighted by molar-refractivity contribution is 5.77. The van der Waals surface area contributed by atoms with Gasteiger partial charge in [0.25, 0.3) is 0 Å². The molecule has 0 bridgehead atoms. The number of hydrogen-bond acceptors (Lipinski definition) is 8. The molecule has 0 spiro atoms. The van der Waals surface area contributed by atoms with Crippen molar-refractivity contribution in [2.45, 2.75) is 42.4 Å². The average Bonchev–Trinajstić information content (AvgIpc) is 2.45. The van der Waals surface area contributed by atoms with Crippen LogP contribution in [0.5, 0.6) is 0 Å². The van der Waals surface area contributed by atoms with E-state index in [-0.39, 0.29) is 5.82 Å². The predicted octanol–water partition coefficient (Wildman–Crippen LogP) is -3.10. The maximum atomic E-state index is 14.3. The maximum absolute atomic E-state index is 14.3. The van der Waals surface area contributed by atoms with Gasteiger partial charge in [-0.15, -0.1) is 0 Å². The number of aliphatic carboxylic acids is 1. The number of carboxylic acid groups (broad SMARTS) is 1. The number of nitrogens with one attached hydrogen (secondary N) is 1. The minimum atomic E-state index is -3.83. The maximum Gasteiger partial charge on any atom is 0.372 e. The lowest BCUT2D eigenvalue weighted by atomic mass is 9.86. The Labute approximate surface area is 124 Å². The van der Waals surface area contributed by atoms with Crippen LogP contribution in [0.15, 0.2) is 12.4 Å². The zero-order valence-electron chi connectivity index (χ0n) is 11.4. The van der Waals surface area contributed by atoms with Crippen molar-refractivity contribution in [2.24, 2.45) is 11.5 Å². The van der Waals surface area contributed by atoms with Crippen molar-refractivity contribution in [1.29, 1.82) is 0 Å². The van der Waals surface area contributed by atoms with Gasteiger partial charge >= 0.3 is 11.8 Å². The minimum Gasteiger partial charge on any atom is -0.477 e. The summed E-state index contributed by atoms with van der Waals surface area (Å²) in [6.45, 7) is 2.28. The van der Waals surface area contributed by atoms with Gasteiger partial charge < -0.3 is 41.9 Å². The van der Waals surface area contributed by atoms with Crippen LogP contribution in [-0.2, 0) is 9.53 Å². The van der Waals surface area contributed by atoms with Gasteiger partial charge in [0.1, 0.15) is 18.3 Å². The summed E-state index contributed by atoms with van der Waals surface area (Å²) in [4.78, 5) is 11.0. The number of aliphatic hydroxyl groups excluding tert-OH is 3. The molecule has 128 valence electrons. The molecule has 1 aliphatic heterocycles. The lowest BCUT2D eigenvalue weighted by molar-refractivity contribution is -0.275. The quantitative estimate of drug-likeness (QED) is 0.267. The second-order valence-electron chi connectivity index (χ2n) is 4.95. The molecule has 0 aromatic heterocycles. The Bertz CT molecular complexity index is 442. The predicted molar refractivity (Wildman–Crippen MR) is 68.6 cm³/mol. The highest BCUT2D eigenvalue weighted by Gasteiger charge is 2.62. The Morgan fingerprint density at radius 3 is 2.45 bits per heavy atom. The smallest absolute Gasteiger partial charge is 0.372 e. The van der Waals surface area contributed by atoms with E-state index in [1.165, 1.54) is 0 Å². The van der Waals surface area contributed by atoms with E-state index in [4.69, 9.17) is 21.7 Å². The van der Waals surface area contributed by atoms with Crippen molar-refractivity contribution in [2.75, 3.05) is 6.61 Å². The summed E-state index contributed by atoms with van der Waals surface area (Å²) in [5.74, 6) is -6.42. The second kappa shape index (κ2) is 6.71. The molecule has 0 aromatic rings. The first kappa shape index (κ1) is 18.5. The van der Waals surface area contributed by atoms with E-state index < -0.39 is 55.0 Å². The monoisotopic (exact) mass is 327 g/mol. The summed E-state index contributed by atoms with van der Waals surface area (Å²) in [7, 11) is 0. The molecular weight excluding hydrogens is 308 g/mol. The van der Waals surface area contributed by atoms with Gasteiger partial charge in [0.2, 0.25) is 0 Å². The topological polar surface area (TPSA) is 171 Å². The third-order valence-electron chi connectivity index (χ3n) is 3.33. The van der Waals surface area contributed by atoms with Crippen LogP contribution < -0.4 is 16.8 Å². The molecule has 0 radical (unpaired) electrons. The largest absolute Gasteiger partial charge is 0.477 e. The molecule has 22 heavy (non-hydrogen) atoms. The van der Waals surface area contributed by atoms with Gasteiger partial charge in [-0.1, -0.05) is 6.58 Å². The van der Waals surface area contributed by atoms with Gasteiger partial charge in [-0.05, 0) is 0 Å². The number of rotatable bonds is 6. The SMILES string of the molecule is C=C(N)NC1C(N)C([C@H](O)[C@H](O)CO)OC(F)(C(=O)O)C1F. The Kier molecular flexibility index (Phi) is 5.65. The summed E-state index contributed by atoms with van der Waals surface area (Å²) in [6, 6.07) is -3.19.